The molecule has 1 saturated heterocycles. The topological polar surface area (TPSA) is 43.0 Å². The van der Waals surface area contributed by atoms with Crippen LogP contribution in [0.3, 0.4) is 0 Å². The van der Waals surface area contributed by atoms with Crippen LogP contribution in [0.4, 0.5) is 11.4 Å². The van der Waals surface area contributed by atoms with Gasteiger partial charge in [-0.05, 0) is 48.9 Å². The largest absolute Gasteiger partial charge is 0.491 e. The molecule has 5 nitrogen and oxygen atoms in total. The van der Waals surface area contributed by atoms with Crippen LogP contribution in [0.5, 0.6) is 11.5 Å². The molecule has 1 heterocycles. The van der Waals surface area contributed by atoms with E-state index in [4.69, 9.17) is 25.8 Å². The molecule has 0 amide bonds. The molecular formula is C20H25ClN2O3. The van der Waals surface area contributed by atoms with E-state index in [9.17, 15) is 0 Å². The first-order valence-corrected chi connectivity index (χ1v) is 9.25. The third-order valence-corrected chi connectivity index (χ3v) is 4.59. The fourth-order valence-corrected chi connectivity index (χ4v) is 3.31. The van der Waals surface area contributed by atoms with Crippen molar-refractivity contribution in [3.63, 3.8) is 0 Å². The van der Waals surface area contributed by atoms with Gasteiger partial charge in [-0.15, -0.1) is 0 Å². The van der Waals surface area contributed by atoms with Crippen molar-refractivity contribution in [3.05, 3.63) is 47.0 Å². The molecule has 3 rings (SSSR count). The zero-order chi connectivity index (χ0) is 18.4. The second-order valence-electron chi connectivity index (χ2n) is 6.04. The molecule has 6 heteroatoms. The normalized spacial score (nSPS) is 14.2. The van der Waals surface area contributed by atoms with E-state index < -0.39 is 0 Å². The number of nitrogens with one attached hydrogen (secondary N) is 1. The molecule has 2 aromatic carbocycles. The fraction of sp³-hybridized carbons (Fsp3) is 0.400. The number of methoxy groups -OCH3 is 1. The summed E-state index contributed by atoms with van der Waals surface area (Å²) in [4.78, 5) is 2.34. The van der Waals surface area contributed by atoms with Gasteiger partial charge in [0.15, 0.2) is 11.5 Å². The number of hydrogen-bond acceptors (Lipinski definition) is 5. The number of anilines is 2. The SMILES string of the molecule is CCOc1cc(CNc2ccc(N3CCOCC3)cc2)cc(Cl)c1OC. The lowest BCUT2D eigenvalue weighted by atomic mass is 10.2. The highest BCUT2D eigenvalue weighted by molar-refractivity contribution is 6.32. The molecular weight excluding hydrogens is 352 g/mol. The fourth-order valence-electron chi connectivity index (χ4n) is 3.00. The van der Waals surface area contributed by atoms with E-state index in [0.29, 0.717) is 29.7 Å². The average molecular weight is 377 g/mol. The number of benzene rings is 2. The number of halogens is 1. The summed E-state index contributed by atoms with van der Waals surface area (Å²) < 4.78 is 16.4. The van der Waals surface area contributed by atoms with Gasteiger partial charge in [0.2, 0.25) is 0 Å². The van der Waals surface area contributed by atoms with Gasteiger partial charge in [-0.1, -0.05) is 11.6 Å². The van der Waals surface area contributed by atoms with Crippen molar-refractivity contribution in [1.82, 2.24) is 0 Å². The highest BCUT2D eigenvalue weighted by Crippen LogP contribution is 2.36. The van der Waals surface area contributed by atoms with Crippen LogP contribution in [0.25, 0.3) is 0 Å². The second-order valence-corrected chi connectivity index (χ2v) is 6.45. The minimum atomic E-state index is 0.554. The minimum absolute atomic E-state index is 0.554. The number of hydrogen-bond donors (Lipinski definition) is 1. The predicted octanol–water partition coefficient (Wildman–Crippen LogP) is 4.20. The molecule has 1 fully saturated rings. The van der Waals surface area contributed by atoms with Crippen LogP contribution in [0.2, 0.25) is 5.02 Å². The van der Waals surface area contributed by atoms with E-state index in [0.717, 1.165) is 37.6 Å². The molecule has 0 aliphatic carbocycles. The Balaban J connectivity index is 1.65. The van der Waals surface area contributed by atoms with Crippen LogP contribution in [-0.2, 0) is 11.3 Å². The van der Waals surface area contributed by atoms with Crippen LogP contribution >= 0.6 is 11.6 Å². The van der Waals surface area contributed by atoms with Gasteiger partial charge in [0.1, 0.15) is 0 Å². The van der Waals surface area contributed by atoms with Crippen molar-refractivity contribution in [2.75, 3.05) is 50.2 Å². The summed E-state index contributed by atoms with van der Waals surface area (Å²) in [5.41, 5.74) is 3.33. The van der Waals surface area contributed by atoms with Gasteiger partial charge in [-0.3, -0.25) is 0 Å². The zero-order valence-electron chi connectivity index (χ0n) is 15.3. The first-order valence-electron chi connectivity index (χ1n) is 8.87. The third kappa shape index (κ3) is 4.54. The van der Waals surface area contributed by atoms with Gasteiger partial charge >= 0.3 is 0 Å². The van der Waals surface area contributed by atoms with E-state index in [1.54, 1.807) is 7.11 Å². The lowest BCUT2D eigenvalue weighted by molar-refractivity contribution is 0.122. The van der Waals surface area contributed by atoms with Gasteiger partial charge in [0, 0.05) is 31.0 Å². The van der Waals surface area contributed by atoms with Crippen molar-refractivity contribution >= 4 is 23.0 Å². The summed E-state index contributed by atoms with van der Waals surface area (Å²) in [5, 5.41) is 3.98. The molecule has 0 aromatic heterocycles. The van der Waals surface area contributed by atoms with E-state index in [2.05, 4.69) is 34.5 Å². The summed E-state index contributed by atoms with van der Waals surface area (Å²) in [6.07, 6.45) is 0. The second kappa shape index (κ2) is 9.01. The molecule has 0 unspecified atom stereocenters. The lowest BCUT2D eigenvalue weighted by Gasteiger charge is -2.29. The van der Waals surface area contributed by atoms with Crippen LogP contribution in [-0.4, -0.2) is 40.0 Å². The first kappa shape index (κ1) is 18.7. The van der Waals surface area contributed by atoms with Crippen LogP contribution < -0.4 is 19.7 Å². The quantitative estimate of drug-likeness (QED) is 0.784. The molecule has 0 spiro atoms. The van der Waals surface area contributed by atoms with Crippen LogP contribution in [0.1, 0.15) is 12.5 Å². The Kier molecular flexibility index (Phi) is 6.47. The minimum Gasteiger partial charge on any atom is -0.491 e. The molecule has 26 heavy (non-hydrogen) atoms. The maximum absolute atomic E-state index is 6.31. The number of nitrogens with zero attached hydrogens (tertiary/aromatic N) is 1. The molecule has 0 saturated carbocycles. The maximum atomic E-state index is 6.31. The van der Waals surface area contributed by atoms with E-state index >= 15 is 0 Å². The summed E-state index contributed by atoms with van der Waals surface area (Å²) in [6.45, 7) is 6.62. The Morgan fingerprint density at radius 3 is 2.54 bits per heavy atom. The maximum Gasteiger partial charge on any atom is 0.179 e. The van der Waals surface area contributed by atoms with Crippen molar-refractivity contribution in [2.24, 2.45) is 0 Å². The van der Waals surface area contributed by atoms with Crippen molar-refractivity contribution in [3.8, 4) is 11.5 Å². The third-order valence-electron chi connectivity index (χ3n) is 4.31. The van der Waals surface area contributed by atoms with E-state index in [1.807, 2.05) is 19.1 Å². The van der Waals surface area contributed by atoms with Crippen molar-refractivity contribution in [1.29, 1.82) is 0 Å². The molecule has 1 N–H and O–H groups in total. The lowest BCUT2D eigenvalue weighted by Crippen LogP contribution is -2.36. The summed E-state index contributed by atoms with van der Waals surface area (Å²) >= 11 is 6.31. The summed E-state index contributed by atoms with van der Waals surface area (Å²) in [6, 6.07) is 12.3. The molecule has 140 valence electrons. The molecule has 0 atom stereocenters. The Labute approximate surface area is 159 Å². The number of morpholine rings is 1. The zero-order valence-corrected chi connectivity index (χ0v) is 16.0. The van der Waals surface area contributed by atoms with Gasteiger partial charge in [-0.2, -0.15) is 0 Å². The van der Waals surface area contributed by atoms with E-state index in [1.165, 1.54) is 5.69 Å². The Hall–Kier alpha value is -2.11. The van der Waals surface area contributed by atoms with Crippen molar-refractivity contribution < 1.29 is 14.2 Å². The number of rotatable bonds is 7. The predicted molar refractivity (Wildman–Crippen MR) is 106 cm³/mol. The van der Waals surface area contributed by atoms with E-state index in [-0.39, 0.29) is 0 Å². The van der Waals surface area contributed by atoms with Crippen molar-refractivity contribution in [2.45, 2.75) is 13.5 Å². The monoisotopic (exact) mass is 376 g/mol. The first-order chi connectivity index (χ1) is 12.7. The molecule has 1 aliphatic heterocycles. The summed E-state index contributed by atoms with van der Waals surface area (Å²) in [5.74, 6) is 1.24. The Morgan fingerprint density at radius 2 is 1.88 bits per heavy atom. The highest BCUT2D eigenvalue weighted by atomic mass is 35.5. The Bertz CT molecular complexity index is 716. The smallest absolute Gasteiger partial charge is 0.179 e. The van der Waals surface area contributed by atoms with Gasteiger partial charge in [0.05, 0.1) is 32.0 Å². The number of ether oxygens (including phenoxy) is 3. The molecule has 0 radical (unpaired) electrons. The molecule has 2 aromatic rings. The molecule has 1 aliphatic rings. The summed E-state index contributed by atoms with van der Waals surface area (Å²) in [7, 11) is 1.59. The molecule has 0 bridgehead atoms. The van der Waals surface area contributed by atoms with Gasteiger partial charge in [-0.25, -0.2) is 0 Å². The average Bonchev–Trinajstić information content (AvgIpc) is 2.68. The van der Waals surface area contributed by atoms with Gasteiger partial charge in [0.25, 0.3) is 0 Å². The Morgan fingerprint density at radius 1 is 1.15 bits per heavy atom. The van der Waals surface area contributed by atoms with Crippen LogP contribution in [0, 0.1) is 0 Å². The van der Waals surface area contributed by atoms with Crippen LogP contribution in [0.15, 0.2) is 36.4 Å². The highest BCUT2D eigenvalue weighted by Gasteiger charge is 2.12. The van der Waals surface area contributed by atoms with Gasteiger partial charge < -0.3 is 24.4 Å². The standard InChI is InChI=1S/C20H25ClN2O3/c1-3-26-19-13-15(12-18(21)20(19)24-2)14-22-16-4-6-17(7-5-16)23-8-10-25-11-9-23/h4-7,12-13,22H,3,8-11,14H2,1-2H3.